The molecule has 0 N–H and O–H groups in total. The smallest absolute Gasteiger partial charge is 0.0303 e. The van der Waals surface area contributed by atoms with Crippen LogP contribution in [0.4, 0.5) is 0 Å². The lowest BCUT2D eigenvalue weighted by atomic mass is 9.86. The molecule has 208 valence electrons. The molecule has 0 amide bonds. The van der Waals surface area contributed by atoms with Gasteiger partial charge in [-0.05, 0) is 117 Å². The van der Waals surface area contributed by atoms with E-state index < -0.39 is 0 Å². The van der Waals surface area contributed by atoms with Gasteiger partial charge in [0.2, 0.25) is 0 Å². The summed E-state index contributed by atoms with van der Waals surface area (Å²) in [6.45, 7) is 0. The predicted octanol–water partition coefficient (Wildman–Crippen LogP) is 11.8. The Hall–Kier alpha value is -5.79. The van der Waals surface area contributed by atoms with Crippen LogP contribution in [0.1, 0.15) is 11.1 Å². The topological polar surface area (TPSA) is 12.9 Å². The standard InChI is InChI=1S/C44H27N/c1-5-29-9-11-33-13-17-37(39-19-15-31(7-1)41(29)43(33)39)35-23-28(22-27-4-3-21-45-26-27)24-36(25-35)38-18-14-34-12-10-30-6-2-8-32-16-20-40(38)44(34)42(30)32/h1-21,23-26H,22H2. The lowest BCUT2D eigenvalue weighted by Gasteiger charge is -2.18. The van der Waals surface area contributed by atoms with Crippen molar-refractivity contribution in [3.8, 4) is 22.3 Å². The van der Waals surface area contributed by atoms with Crippen molar-refractivity contribution in [3.63, 3.8) is 0 Å². The van der Waals surface area contributed by atoms with Crippen molar-refractivity contribution >= 4 is 64.6 Å². The second kappa shape index (κ2) is 9.35. The number of benzene rings is 9. The maximum atomic E-state index is 4.42. The van der Waals surface area contributed by atoms with Gasteiger partial charge in [0.25, 0.3) is 0 Å². The van der Waals surface area contributed by atoms with Crippen molar-refractivity contribution in [2.75, 3.05) is 0 Å². The van der Waals surface area contributed by atoms with Crippen LogP contribution in [0, 0.1) is 0 Å². The first-order valence-corrected chi connectivity index (χ1v) is 15.7. The molecule has 1 aromatic heterocycles. The van der Waals surface area contributed by atoms with E-state index >= 15 is 0 Å². The van der Waals surface area contributed by atoms with Crippen molar-refractivity contribution in [2.45, 2.75) is 6.42 Å². The fourth-order valence-electron chi connectivity index (χ4n) is 7.82. The molecule has 0 aliphatic carbocycles. The number of pyridine rings is 1. The van der Waals surface area contributed by atoms with Crippen molar-refractivity contribution in [3.05, 3.63) is 163 Å². The molecule has 0 fully saturated rings. The molecule has 1 heteroatoms. The van der Waals surface area contributed by atoms with Crippen molar-refractivity contribution in [2.24, 2.45) is 0 Å². The molecule has 0 saturated heterocycles. The highest BCUT2D eigenvalue weighted by Crippen LogP contribution is 2.43. The van der Waals surface area contributed by atoms with Gasteiger partial charge < -0.3 is 0 Å². The number of rotatable bonds is 4. The van der Waals surface area contributed by atoms with Gasteiger partial charge >= 0.3 is 0 Å². The van der Waals surface area contributed by atoms with Gasteiger partial charge in [-0.1, -0.05) is 127 Å². The van der Waals surface area contributed by atoms with E-state index in [9.17, 15) is 0 Å². The molecule has 10 aromatic rings. The second-order valence-electron chi connectivity index (χ2n) is 12.4. The van der Waals surface area contributed by atoms with E-state index in [1.54, 1.807) is 0 Å². The van der Waals surface area contributed by atoms with Gasteiger partial charge in [0, 0.05) is 12.4 Å². The molecule has 0 spiro atoms. The van der Waals surface area contributed by atoms with Gasteiger partial charge in [-0.15, -0.1) is 0 Å². The largest absolute Gasteiger partial charge is 0.264 e. The van der Waals surface area contributed by atoms with Crippen LogP contribution in [0.3, 0.4) is 0 Å². The van der Waals surface area contributed by atoms with Gasteiger partial charge in [0.1, 0.15) is 0 Å². The fourth-order valence-corrected chi connectivity index (χ4v) is 7.82. The summed E-state index contributed by atoms with van der Waals surface area (Å²) in [6, 6.07) is 52.1. The van der Waals surface area contributed by atoms with E-state index in [4.69, 9.17) is 0 Å². The average Bonchev–Trinajstić information content (AvgIpc) is 3.10. The number of hydrogen-bond donors (Lipinski definition) is 0. The molecule has 9 aromatic carbocycles. The molecule has 45 heavy (non-hydrogen) atoms. The summed E-state index contributed by atoms with van der Waals surface area (Å²) in [5.41, 5.74) is 7.53. The van der Waals surface area contributed by atoms with Crippen LogP contribution >= 0.6 is 0 Å². The minimum atomic E-state index is 0.826. The first-order valence-electron chi connectivity index (χ1n) is 15.7. The zero-order valence-corrected chi connectivity index (χ0v) is 24.6. The molecule has 0 radical (unpaired) electrons. The fraction of sp³-hybridized carbons (Fsp3) is 0.0227. The quantitative estimate of drug-likeness (QED) is 0.192. The monoisotopic (exact) mass is 569 g/mol. The summed E-state index contributed by atoms with van der Waals surface area (Å²) in [6.07, 6.45) is 4.66. The van der Waals surface area contributed by atoms with Gasteiger partial charge in [0.15, 0.2) is 0 Å². The highest BCUT2D eigenvalue weighted by Gasteiger charge is 2.16. The third kappa shape index (κ3) is 3.71. The Morgan fingerprint density at radius 1 is 0.378 bits per heavy atom. The van der Waals surface area contributed by atoms with Crippen LogP contribution in [-0.4, -0.2) is 4.98 Å². The normalized spacial score (nSPS) is 12.1. The zero-order chi connectivity index (χ0) is 29.5. The van der Waals surface area contributed by atoms with Crippen LogP contribution in [0.25, 0.3) is 86.9 Å². The molecule has 0 aliphatic heterocycles. The lowest BCUT2D eigenvalue weighted by molar-refractivity contribution is 1.15. The summed E-state index contributed by atoms with van der Waals surface area (Å²) < 4.78 is 0. The highest BCUT2D eigenvalue weighted by atomic mass is 14.6. The van der Waals surface area contributed by atoms with Crippen LogP contribution in [0.2, 0.25) is 0 Å². The molecule has 0 atom stereocenters. The maximum Gasteiger partial charge on any atom is 0.0303 e. The Morgan fingerprint density at radius 3 is 1.33 bits per heavy atom. The van der Waals surface area contributed by atoms with Crippen LogP contribution in [0.15, 0.2) is 152 Å². The molecule has 0 unspecified atom stereocenters. The van der Waals surface area contributed by atoms with Crippen molar-refractivity contribution < 1.29 is 0 Å². The second-order valence-corrected chi connectivity index (χ2v) is 12.4. The Bertz CT molecular complexity index is 2520. The molecule has 10 rings (SSSR count). The Balaban J connectivity index is 1.26. The van der Waals surface area contributed by atoms with Crippen LogP contribution in [0.5, 0.6) is 0 Å². The summed E-state index contributed by atoms with van der Waals surface area (Å²) in [4.78, 5) is 4.42. The van der Waals surface area contributed by atoms with E-state index in [0.717, 1.165) is 6.42 Å². The summed E-state index contributed by atoms with van der Waals surface area (Å²) >= 11 is 0. The van der Waals surface area contributed by atoms with Gasteiger partial charge in [-0.2, -0.15) is 0 Å². The highest BCUT2D eigenvalue weighted by molar-refractivity contribution is 6.27. The zero-order valence-electron chi connectivity index (χ0n) is 24.6. The van der Waals surface area contributed by atoms with Crippen molar-refractivity contribution in [1.82, 2.24) is 4.98 Å². The number of hydrogen-bond acceptors (Lipinski definition) is 1. The first-order chi connectivity index (χ1) is 22.3. The third-order valence-corrected chi connectivity index (χ3v) is 9.80. The summed E-state index contributed by atoms with van der Waals surface area (Å²) in [5, 5.41) is 15.8. The van der Waals surface area contributed by atoms with Gasteiger partial charge in [-0.25, -0.2) is 0 Å². The maximum absolute atomic E-state index is 4.42. The number of aromatic nitrogens is 1. The first kappa shape index (κ1) is 24.6. The van der Waals surface area contributed by atoms with Crippen LogP contribution in [-0.2, 0) is 6.42 Å². The Kier molecular flexibility index (Phi) is 5.12. The van der Waals surface area contributed by atoms with Gasteiger partial charge in [0.05, 0.1) is 0 Å². The summed E-state index contributed by atoms with van der Waals surface area (Å²) in [5.74, 6) is 0. The molecule has 1 nitrogen and oxygen atoms in total. The lowest BCUT2D eigenvalue weighted by Crippen LogP contribution is -1.94. The van der Waals surface area contributed by atoms with E-state index in [2.05, 4.69) is 138 Å². The molecule has 0 aliphatic rings. The van der Waals surface area contributed by atoms with Crippen molar-refractivity contribution in [1.29, 1.82) is 0 Å². The van der Waals surface area contributed by atoms with E-state index in [1.807, 2.05) is 18.5 Å². The number of nitrogens with zero attached hydrogens (tertiary/aromatic N) is 1. The molecule has 1 heterocycles. The SMILES string of the molecule is c1cncc(Cc2cc(-c3ccc4ccc5cccc6ccc3c4c56)cc(-c3ccc4ccc5cccc6ccc3c4c56)c2)c1. The van der Waals surface area contributed by atoms with E-state index in [1.165, 1.54) is 98.0 Å². The van der Waals surface area contributed by atoms with Gasteiger partial charge in [-0.3, -0.25) is 4.98 Å². The predicted molar refractivity (Wildman–Crippen MR) is 192 cm³/mol. The Labute approximate surface area is 260 Å². The van der Waals surface area contributed by atoms with Crippen LogP contribution < -0.4 is 0 Å². The van der Waals surface area contributed by atoms with E-state index in [0.29, 0.717) is 0 Å². The minimum absolute atomic E-state index is 0.826. The molecular formula is C44H27N. The summed E-state index contributed by atoms with van der Waals surface area (Å²) in [7, 11) is 0. The average molecular weight is 570 g/mol. The minimum Gasteiger partial charge on any atom is -0.264 e. The van der Waals surface area contributed by atoms with E-state index in [-0.39, 0.29) is 0 Å². The molecule has 0 saturated carbocycles. The molecular weight excluding hydrogens is 542 g/mol. The molecule has 0 bridgehead atoms. The third-order valence-electron chi connectivity index (χ3n) is 9.80. The Morgan fingerprint density at radius 2 is 0.844 bits per heavy atom.